The lowest BCUT2D eigenvalue weighted by atomic mass is 9.98. The Morgan fingerprint density at radius 2 is 2.00 bits per heavy atom. The molecule has 2 unspecified atom stereocenters. The number of aliphatic hydroxyl groups is 1. The molecule has 0 radical (unpaired) electrons. The summed E-state index contributed by atoms with van der Waals surface area (Å²) in [7, 11) is 0. The predicted molar refractivity (Wildman–Crippen MR) is 36.4 cm³/mol. The van der Waals surface area contributed by atoms with E-state index in [2.05, 4.69) is 0 Å². The number of rotatable bonds is 1. The van der Waals surface area contributed by atoms with Crippen LogP contribution in [0.3, 0.4) is 0 Å². The molecule has 0 aromatic carbocycles. The van der Waals surface area contributed by atoms with E-state index in [1.807, 2.05) is 6.92 Å². The fourth-order valence-corrected chi connectivity index (χ4v) is 2.35. The van der Waals surface area contributed by atoms with Gasteiger partial charge in [0.1, 0.15) is 6.29 Å². The van der Waals surface area contributed by atoms with E-state index in [1.165, 1.54) is 0 Å². The second-order valence-electron chi connectivity index (χ2n) is 3.95. The van der Waals surface area contributed by atoms with Crippen LogP contribution in [-0.4, -0.2) is 17.0 Å². The fraction of sp³-hybridized carbons (Fsp3) is 0.875. The standard InChI is InChI=1S/C8H12O2/c1-8(10)2-5-6(3-8)7(5)4-9/h4-7,10H,2-3H2,1H3. The maximum atomic E-state index is 10.3. The van der Waals surface area contributed by atoms with Crippen molar-refractivity contribution in [3.8, 4) is 0 Å². The molecule has 2 aliphatic rings. The zero-order chi connectivity index (χ0) is 7.35. The molecule has 2 atom stereocenters. The second kappa shape index (κ2) is 1.62. The van der Waals surface area contributed by atoms with Gasteiger partial charge in [0.05, 0.1) is 5.60 Å². The molecular formula is C8H12O2. The molecule has 0 spiro atoms. The van der Waals surface area contributed by atoms with Crippen LogP contribution in [0.2, 0.25) is 0 Å². The number of carbonyl (C=O) groups excluding carboxylic acids is 1. The summed E-state index contributed by atoms with van der Waals surface area (Å²) in [6, 6.07) is 0. The molecule has 0 aliphatic heterocycles. The lowest BCUT2D eigenvalue weighted by Crippen LogP contribution is -2.22. The first-order valence-electron chi connectivity index (χ1n) is 3.82. The van der Waals surface area contributed by atoms with Gasteiger partial charge in [0.25, 0.3) is 0 Å². The molecule has 2 aliphatic carbocycles. The van der Waals surface area contributed by atoms with Gasteiger partial charge in [0.15, 0.2) is 0 Å². The van der Waals surface area contributed by atoms with E-state index in [4.69, 9.17) is 0 Å². The van der Waals surface area contributed by atoms with Crippen molar-refractivity contribution in [1.29, 1.82) is 0 Å². The van der Waals surface area contributed by atoms with E-state index in [-0.39, 0.29) is 0 Å². The van der Waals surface area contributed by atoms with E-state index < -0.39 is 5.60 Å². The number of hydrogen-bond acceptors (Lipinski definition) is 2. The summed E-state index contributed by atoms with van der Waals surface area (Å²) in [5.74, 6) is 1.33. The third-order valence-electron chi connectivity index (χ3n) is 2.91. The van der Waals surface area contributed by atoms with Crippen LogP contribution in [-0.2, 0) is 4.79 Å². The van der Waals surface area contributed by atoms with Crippen LogP contribution in [0.15, 0.2) is 0 Å². The molecule has 0 heterocycles. The molecular weight excluding hydrogens is 128 g/mol. The van der Waals surface area contributed by atoms with Gasteiger partial charge < -0.3 is 9.90 Å². The van der Waals surface area contributed by atoms with Crippen LogP contribution in [0.4, 0.5) is 0 Å². The van der Waals surface area contributed by atoms with E-state index in [1.54, 1.807) is 0 Å². The van der Waals surface area contributed by atoms with Crippen LogP contribution in [0.5, 0.6) is 0 Å². The smallest absolute Gasteiger partial charge is 0.123 e. The maximum absolute atomic E-state index is 10.3. The molecule has 10 heavy (non-hydrogen) atoms. The van der Waals surface area contributed by atoms with E-state index in [0.29, 0.717) is 17.8 Å². The SMILES string of the molecule is CC1(O)CC2C(C=O)C2C1. The summed E-state index contributed by atoms with van der Waals surface area (Å²) >= 11 is 0. The predicted octanol–water partition coefficient (Wildman–Crippen LogP) is 0.592. The van der Waals surface area contributed by atoms with Gasteiger partial charge in [0.2, 0.25) is 0 Å². The van der Waals surface area contributed by atoms with Gasteiger partial charge in [-0.1, -0.05) is 0 Å². The fourth-order valence-electron chi connectivity index (χ4n) is 2.35. The second-order valence-corrected chi connectivity index (χ2v) is 3.95. The molecule has 0 aromatic rings. The molecule has 2 heteroatoms. The quantitative estimate of drug-likeness (QED) is 0.541. The topological polar surface area (TPSA) is 37.3 Å². The molecule has 0 amide bonds. The van der Waals surface area contributed by atoms with E-state index >= 15 is 0 Å². The lowest BCUT2D eigenvalue weighted by Gasteiger charge is -2.17. The lowest BCUT2D eigenvalue weighted by molar-refractivity contribution is -0.109. The van der Waals surface area contributed by atoms with Crippen molar-refractivity contribution >= 4 is 6.29 Å². The van der Waals surface area contributed by atoms with Crippen molar-refractivity contribution in [3.05, 3.63) is 0 Å². The molecule has 2 rings (SSSR count). The molecule has 0 saturated heterocycles. The van der Waals surface area contributed by atoms with Crippen molar-refractivity contribution in [3.63, 3.8) is 0 Å². The molecule has 1 N–H and O–H groups in total. The molecule has 0 aromatic heterocycles. The normalized spacial score (nSPS) is 58.0. The van der Waals surface area contributed by atoms with Crippen molar-refractivity contribution in [1.82, 2.24) is 0 Å². The zero-order valence-corrected chi connectivity index (χ0v) is 6.08. The summed E-state index contributed by atoms with van der Waals surface area (Å²) in [5.41, 5.74) is -0.463. The average Bonchev–Trinajstić information content (AvgIpc) is 2.30. The van der Waals surface area contributed by atoms with Gasteiger partial charge in [-0.25, -0.2) is 0 Å². The van der Waals surface area contributed by atoms with Crippen molar-refractivity contribution in [2.75, 3.05) is 0 Å². The Labute approximate surface area is 60.2 Å². The number of carbonyl (C=O) groups is 1. The first-order chi connectivity index (χ1) is 4.64. The molecule has 56 valence electrons. The Morgan fingerprint density at radius 3 is 2.40 bits per heavy atom. The van der Waals surface area contributed by atoms with Crippen molar-refractivity contribution in [2.24, 2.45) is 17.8 Å². The van der Waals surface area contributed by atoms with E-state index in [0.717, 1.165) is 19.1 Å². The Kier molecular flexibility index (Phi) is 1.03. The maximum Gasteiger partial charge on any atom is 0.123 e. The van der Waals surface area contributed by atoms with Gasteiger partial charge >= 0.3 is 0 Å². The Bertz CT molecular complexity index is 160. The minimum Gasteiger partial charge on any atom is -0.390 e. The monoisotopic (exact) mass is 140 g/mol. The van der Waals surface area contributed by atoms with E-state index in [9.17, 15) is 9.90 Å². The summed E-state index contributed by atoms with van der Waals surface area (Å²) in [6.45, 7) is 1.86. The number of aldehydes is 1. The van der Waals surface area contributed by atoms with Crippen LogP contribution >= 0.6 is 0 Å². The highest BCUT2D eigenvalue weighted by molar-refractivity contribution is 5.60. The van der Waals surface area contributed by atoms with Crippen LogP contribution in [0.25, 0.3) is 0 Å². The minimum absolute atomic E-state index is 0.292. The minimum atomic E-state index is -0.463. The summed E-state index contributed by atoms with van der Waals surface area (Å²) in [5, 5.41) is 9.49. The molecule has 2 nitrogen and oxygen atoms in total. The summed E-state index contributed by atoms with van der Waals surface area (Å²) in [4.78, 5) is 10.3. The highest BCUT2D eigenvalue weighted by atomic mass is 16.3. The van der Waals surface area contributed by atoms with Crippen molar-refractivity contribution < 1.29 is 9.90 Å². The van der Waals surface area contributed by atoms with Crippen LogP contribution in [0, 0.1) is 17.8 Å². The van der Waals surface area contributed by atoms with Gasteiger partial charge in [-0.05, 0) is 31.6 Å². The summed E-state index contributed by atoms with van der Waals surface area (Å²) < 4.78 is 0. The number of fused-ring (bicyclic) bond motifs is 1. The van der Waals surface area contributed by atoms with Gasteiger partial charge in [-0.15, -0.1) is 0 Å². The first kappa shape index (κ1) is 6.35. The molecule has 0 bridgehead atoms. The number of hydrogen-bond donors (Lipinski definition) is 1. The largest absolute Gasteiger partial charge is 0.390 e. The third-order valence-corrected chi connectivity index (χ3v) is 2.91. The van der Waals surface area contributed by atoms with Gasteiger partial charge in [-0.2, -0.15) is 0 Å². The van der Waals surface area contributed by atoms with Crippen LogP contribution < -0.4 is 0 Å². The average molecular weight is 140 g/mol. The Morgan fingerprint density at radius 1 is 1.50 bits per heavy atom. The Balaban J connectivity index is 2.01. The third kappa shape index (κ3) is 0.717. The van der Waals surface area contributed by atoms with Gasteiger partial charge in [-0.3, -0.25) is 0 Å². The zero-order valence-electron chi connectivity index (χ0n) is 6.08. The van der Waals surface area contributed by atoms with Crippen LogP contribution in [0.1, 0.15) is 19.8 Å². The summed E-state index contributed by atoms with van der Waals surface area (Å²) in [6.07, 6.45) is 2.72. The van der Waals surface area contributed by atoms with Gasteiger partial charge in [0, 0.05) is 5.92 Å². The molecule has 2 fully saturated rings. The highest BCUT2D eigenvalue weighted by Gasteiger charge is 2.59. The van der Waals surface area contributed by atoms with Crippen molar-refractivity contribution in [2.45, 2.75) is 25.4 Å². The highest BCUT2D eigenvalue weighted by Crippen LogP contribution is 2.59. The Hall–Kier alpha value is -0.370. The first-order valence-corrected chi connectivity index (χ1v) is 3.82. The molecule has 2 saturated carbocycles.